The molecule has 0 aromatic heterocycles. The van der Waals surface area contributed by atoms with E-state index in [1.54, 1.807) is 0 Å². The molecule has 0 saturated heterocycles. The summed E-state index contributed by atoms with van der Waals surface area (Å²) in [6, 6.07) is 7.52. The van der Waals surface area contributed by atoms with Crippen molar-refractivity contribution < 1.29 is 108 Å². The van der Waals surface area contributed by atoms with Crippen LogP contribution in [0.4, 0.5) is 70.4 Å². The second-order valence-corrected chi connectivity index (χ2v) is 6.57. The van der Waals surface area contributed by atoms with Crippen LogP contribution in [0.1, 0.15) is 90.2 Å². The number of hydrogen-bond donors (Lipinski definition) is 0. The molecule has 0 amide bonds. The molecule has 44 heavy (non-hydrogen) atoms. The van der Waals surface area contributed by atoms with Crippen LogP contribution in [0.5, 0.6) is 0 Å². The Balaban J connectivity index is -0.0000000523. The minimum atomic E-state index is -5.81. The summed E-state index contributed by atoms with van der Waals surface area (Å²) in [5.74, 6) is -6.08. The standard InChI is InChI=1S/C16H17F8.CF4.CH2F2O.CH2F2.7CH4.Y/c1-3-12(11-7-5-4-6-8-11)15(21,13(2,18)19)9-14(20,10-17)16(22,23)24;2-1(3,4)5;2-1-4-3;2-1-3;;;;;;;;/h5-8,12H,3,9-10H2,1-2H3;;1H2;1H2;7*1H4;/q-1;;;;;;;;;;;. The number of hydrogen-bond acceptors (Lipinski definition) is 1. The van der Waals surface area contributed by atoms with Gasteiger partial charge in [0.25, 0.3) is 5.92 Å². The van der Waals surface area contributed by atoms with Gasteiger partial charge in [0.05, 0.1) is 0 Å². The average Bonchev–Trinajstić information content (AvgIpc) is 2.73. The van der Waals surface area contributed by atoms with Crippen LogP contribution in [-0.2, 0) is 37.7 Å². The van der Waals surface area contributed by atoms with E-state index in [9.17, 15) is 66.0 Å². The van der Waals surface area contributed by atoms with Crippen molar-refractivity contribution in [3.8, 4) is 0 Å². The van der Waals surface area contributed by atoms with Crippen LogP contribution in [0.2, 0.25) is 0 Å². The van der Waals surface area contributed by atoms with Gasteiger partial charge in [-0.05, 0) is 10.9 Å². The minimum absolute atomic E-state index is 0. The van der Waals surface area contributed by atoms with Crippen LogP contribution in [0.3, 0.4) is 0 Å². The van der Waals surface area contributed by atoms with Crippen LogP contribution in [0.15, 0.2) is 24.3 Å². The summed E-state index contributed by atoms with van der Waals surface area (Å²) in [5, 5.41) is 0. The van der Waals surface area contributed by atoms with E-state index in [1.165, 1.54) is 31.2 Å². The molecule has 3 atom stereocenters. The molecule has 0 aliphatic rings. The number of rotatable bonds is 8. The van der Waals surface area contributed by atoms with Gasteiger partial charge in [-0.15, -0.1) is 17.6 Å². The van der Waals surface area contributed by atoms with Gasteiger partial charge in [0.1, 0.15) is 6.67 Å². The molecule has 1 aromatic carbocycles. The van der Waals surface area contributed by atoms with E-state index in [2.05, 4.69) is 11.0 Å². The summed E-state index contributed by atoms with van der Waals surface area (Å²) >= 11 is 0. The topological polar surface area (TPSA) is 9.23 Å². The van der Waals surface area contributed by atoms with E-state index in [-0.39, 0.29) is 104 Å². The predicted molar refractivity (Wildman–Crippen MR) is 143 cm³/mol. The molecule has 1 nitrogen and oxygen atoms in total. The zero-order valence-corrected chi connectivity index (χ0v) is 21.8. The summed E-state index contributed by atoms with van der Waals surface area (Å²) in [6.45, 7) is -4.39. The van der Waals surface area contributed by atoms with Gasteiger partial charge in [0.2, 0.25) is 19.5 Å². The Morgan fingerprint density at radius 1 is 0.727 bits per heavy atom. The molecule has 18 heteroatoms. The van der Waals surface area contributed by atoms with Gasteiger partial charge in [0, 0.05) is 52.0 Å². The van der Waals surface area contributed by atoms with E-state index in [1.807, 2.05) is 0 Å². The van der Waals surface area contributed by atoms with Gasteiger partial charge < -0.3 is 0 Å². The van der Waals surface area contributed by atoms with Crippen molar-refractivity contribution in [2.45, 2.75) is 114 Å². The number of halogens is 16. The fourth-order valence-electron chi connectivity index (χ4n) is 2.67. The zero-order chi connectivity index (χ0) is 29.4. The van der Waals surface area contributed by atoms with Crippen LogP contribution in [0, 0.1) is 6.07 Å². The molecule has 275 valence electrons. The molecule has 0 fully saturated rings. The van der Waals surface area contributed by atoms with Gasteiger partial charge >= 0.3 is 12.6 Å². The third-order valence-corrected chi connectivity index (χ3v) is 4.14. The summed E-state index contributed by atoms with van der Waals surface area (Å²) in [4.78, 5) is 2.38. The number of benzene rings is 1. The first-order chi connectivity index (χ1) is 16.2. The van der Waals surface area contributed by atoms with E-state index >= 15 is 4.39 Å². The van der Waals surface area contributed by atoms with Crippen molar-refractivity contribution in [3.63, 3.8) is 0 Å². The fraction of sp³-hybridized carbons (Fsp3) is 0.769. The van der Waals surface area contributed by atoms with Gasteiger partial charge in [-0.3, -0.25) is 0 Å². The van der Waals surface area contributed by atoms with Crippen LogP contribution >= 0.6 is 0 Å². The normalized spacial score (nSPS) is 13.0. The Hall–Kier alpha value is -0.836. The zero-order valence-electron chi connectivity index (χ0n) is 19.0. The van der Waals surface area contributed by atoms with Gasteiger partial charge in [-0.1, -0.05) is 58.9 Å². The van der Waals surface area contributed by atoms with Crippen LogP contribution in [-0.4, -0.2) is 50.3 Å². The third-order valence-electron chi connectivity index (χ3n) is 4.14. The third kappa shape index (κ3) is 29.9. The summed E-state index contributed by atoms with van der Waals surface area (Å²) in [7, 11) is 0. The molecule has 1 rings (SSSR count). The van der Waals surface area contributed by atoms with Crippen molar-refractivity contribution in [2.75, 3.05) is 20.5 Å². The molecular weight excluding hydrogens is 721 g/mol. The van der Waals surface area contributed by atoms with Crippen molar-refractivity contribution in [2.24, 2.45) is 0 Å². The van der Waals surface area contributed by atoms with E-state index in [0.29, 0.717) is 0 Å². The number of alkyl halides is 15. The van der Waals surface area contributed by atoms with Gasteiger partial charge in [-0.2, -0.15) is 54.0 Å². The van der Waals surface area contributed by atoms with E-state index in [0.717, 1.165) is 0 Å². The van der Waals surface area contributed by atoms with Crippen LogP contribution in [0.25, 0.3) is 0 Å². The summed E-state index contributed by atoms with van der Waals surface area (Å²) < 4.78 is 186. The molecule has 3 unspecified atom stereocenters. The summed E-state index contributed by atoms with van der Waals surface area (Å²) in [5.41, 5.74) is -8.67. The molecule has 0 aliphatic heterocycles. The van der Waals surface area contributed by atoms with Crippen molar-refractivity contribution in [3.05, 3.63) is 35.9 Å². The Morgan fingerprint density at radius 3 is 1.20 bits per heavy atom. The quantitative estimate of drug-likeness (QED) is 0.189. The Bertz CT molecular complexity index is 665. The molecule has 0 bridgehead atoms. The summed E-state index contributed by atoms with van der Waals surface area (Å²) in [6.07, 6.45) is -14.0. The first-order valence-electron chi connectivity index (χ1n) is 9.17. The van der Waals surface area contributed by atoms with Crippen molar-refractivity contribution in [1.29, 1.82) is 0 Å². The molecule has 0 spiro atoms. The molecular formula is C26H49F16OY-. The maximum Gasteiger partial charge on any atom is 0.559 e. The minimum Gasteiger partial charge on any atom is -0.247 e. The molecule has 1 radical (unpaired) electrons. The molecule has 0 saturated carbocycles. The smallest absolute Gasteiger partial charge is 0.247 e. The maximum absolute atomic E-state index is 15.2. The molecule has 0 N–H and O–H groups in total. The van der Waals surface area contributed by atoms with E-state index < -0.39 is 62.7 Å². The van der Waals surface area contributed by atoms with Crippen LogP contribution < -0.4 is 0 Å². The van der Waals surface area contributed by atoms with Crippen molar-refractivity contribution >= 4 is 0 Å². The average molecular weight is 771 g/mol. The molecule has 1 aromatic rings. The van der Waals surface area contributed by atoms with Gasteiger partial charge in [0.15, 0.2) is 5.67 Å². The van der Waals surface area contributed by atoms with E-state index in [4.69, 9.17) is 0 Å². The molecule has 0 aliphatic carbocycles. The molecule has 0 heterocycles. The SMILES string of the molecule is C.C.C.C.C.C.C.CCC(c1cc[c-]cc1)C(F)(CC(F)(CF)C(F)(F)F)C(C)(F)F.FC(F)(F)F.FCF.FCOF.[Y]. The maximum atomic E-state index is 15.2. The first-order valence-corrected chi connectivity index (χ1v) is 9.17. The first kappa shape index (κ1) is 74.2. The fourth-order valence-corrected chi connectivity index (χ4v) is 2.67. The van der Waals surface area contributed by atoms with Crippen molar-refractivity contribution in [1.82, 2.24) is 0 Å². The second-order valence-electron chi connectivity index (χ2n) is 6.57. The largest absolute Gasteiger partial charge is 0.559 e. The monoisotopic (exact) mass is 770 g/mol. The Morgan fingerprint density at radius 2 is 1.02 bits per heavy atom. The Labute approximate surface area is 278 Å². The Kier molecular flexibility index (Phi) is 56.5. The second kappa shape index (κ2) is 33.5. The van der Waals surface area contributed by atoms with Gasteiger partial charge in [-0.25, -0.2) is 35.1 Å². The predicted octanol–water partition coefficient (Wildman–Crippen LogP) is 13.6.